The van der Waals surface area contributed by atoms with Gasteiger partial charge < -0.3 is 0 Å². The Bertz CT molecular complexity index is 1030. The molecule has 2 aromatic rings. The molecule has 0 heterocycles. The molecule has 0 bridgehead atoms. The van der Waals surface area contributed by atoms with Crippen molar-refractivity contribution >= 4 is 35.8 Å². The van der Waals surface area contributed by atoms with Gasteiger partial charge in [0.15, 0.2) is 9.84 Å². The Morgan fingerprint density at radius 2 is 1.70 bits per heavy atom. The van der Waals surface area contributed by atoms with Crippen molar-refractivity contribution < 1.29 is 16.8 Å². The number of hydrogen-bond donors (Lipinski definition) is 0. The highest BCUT2D eigenvalue weighted by Gasteiger charge is 2.39. The van der Waals surface area contributed by atoms with Crippen LogP contribution in [0.5, 0.6) is 0 Å². The van der Waals surface area contributed by atoms with Crippen molar-refractivity contribution in [2.45, 2.75) is 42.1 Å². The van der Waals surface area contributed by atoms with E-state index >= 15 is 0 Å². The van der Waals surface area contributed by atoms with Crippen molar-refractivity contribution in [2.24, 2.45) is 5.92 Å². The molecular formula is C19H22BrNO4S2. The van der Waals surface area contributed by atoms with Crippen LogP contribution in [0, 0.1) is 5.92 Å². The topological polar surface area (TPSA) is 71.5 Å². The van der Waals surface area contributed by atoms with Crippen molar-refractivity contribution in [3.05, 3.63) is 58.6 Å². The Labute approximate surface area is 169 Å². The second-order valence-corrected chi connectivity index (χ2v) is 11.7. The molecule has 0 aliphatic heterocycles. The van der Waals surface area contributed by atoms with Crippen LogP contribution in [0.1, 0.15) is 25.3 Å². The fourth-order valence-electron chi connectivity index (χ4n) is 3.06. The standard InChI is InChI=1S/C19H22BrNO4S2/c1-14(16-8-9-16)21(13-15-6-4-3-5-7-15)27(24,25)19-12-17(26(2,22)23)10-11-18(19)20/h3-7,10-12,14,16H,8-9,13H2,1-2H3. The van der Waals surface area contributed by atoms with E-state index in [0.29, 0.717) is 10.4 Å². The summed E-state index contributed by atoms with van der Waals surface area (Å²) in [4.78, 5) is -0.0307. The maximum atomic E-state index is 13.5. The van der Waals surface area contributed by atoms with E-state index in [0.717, 1.165) is 24.7 Å². The highest BCUT2D eigenvalue weighted by Crippen LogP contribution is 2.39. The van der Waals surface area contributed by atoms with Gasteiger partial charge in [0.25, 0.3) is 0 Å². The van der Waals surface area contributed by atoms with Gasteiger partial charge >= 0.3 is 0 Å². The fraction of sp³-hybridized carbons (Fsp3) is 0.368. The summed E-state index contributed by atoms with van der Waals surface area (Å²) >= 11 is 3.29. The van der Waals surface area contributed by atoms with Crippen LogP contribution in [0.15, 0.2) is 62.8 Å². The lowest BCUT2D eigenvalue weighted by Crippen LogP contribution is -2.39. The van der Waals surface area contributed by atoms with Crippen LogP contribution in [0.25, 0.3) is 0 Å². The van der Waals surface area contributed by atoms with Crippen molar-refractivity contribution in [1.82, 2.24) is 4.31 Å². The van der Waals surface area contributed by atoms with E-state index in [1.54, 1.807) is 0 Å². The summed E-state index contributed by atoms with van der Waals surface area (Å²) in [7, 11) is -7.41. The van der Waals surface area contributed by atoms with Crippen molar-refractivity contribution in [2.75, 3.05) is 6.26 Å². The molecule has 1 saturated carbocycles. The Kier molecular flexibility index (Phi) is 5.82. The molecule has 27 heavy (non-hydrogen) atoms. The summed E-state index contributed by atoms with van der Waals surface area (Å²) in [5.74, 6) is 0.334. The molecule has 0 aromatic heterocycles. The molecule has 1 atom stereocenters. The molecular weight excluding hydrogens is 450 g/mol. The zero-order valence-corrected chi connectivity index (χ0v) is 18.4. The minimum atomic E-state index is -3.89. The lowest BCUT2D eigenvalue weighted by Gasteiger charge is -2.29. The van der Waals surface area contributed by atoms with E-state index in [4.69, 9.17) is 0 Å². The van der Waals surface area contributed by atoms with E-state index in [9.17, 15) is 16.8 Å². The monoisotopic (exact) mass is 471 g/mol. The molecule has 146 valence electrons. The van der Waals surface area contributed by atoms with Crippen LogP contribution >= 0.6 is 15.9 Å². The third-order valence-electron chi connectivity index (χ3n) is 4.86. The summed E-state index contributed by atoms with van der Waals surface area (Å²) in [6, 6.07) is 13.4. The van der Waals surface area contributed by atoms with Gasteiger partial charge in [-0.05, 0) is 65.4 Å². The predicted octanol–water partition coefficient (Wildman–Crippen LogP) is 3.84. The van der Waals surface area contributed by atoms with E-state index in [2.05, 4.69) is 15.9 Å². The first kappa shape index (κ1) is 20.5. The van der Waals surface area contributed by atoms with Crippen LogP contribution in [0.2, 0.25) is 0 Å². The Morgan fingerprint density at radius 1 is 1.07 bits per heavy atom. The average molecular weight is 472 g/mol. The average Bonchev–Trinajstić information content (AvgIpc) is 3.44. The number of halogens is 1. The van der Waals surface area contributed by atoms with Crippen LogP contribution in [0.4, 0.5) is 0 Å². The van der Waals surface area contributed by atoms with E-state index in [1.165, 1.54) is 22.5 Å². The number of sulfone groups is 1. The normalized spacial score (nSPS) is 16.4. The largest absolute Gasteiger partial charge is 0.244 e. The molecule has 0 saturated heterocycles. The van der Waals surface area contributed by atoms with Gasteiger partial charge in [0.05, 0.1) is 9.79 Å². The number of rotatable bonds is 7. The number of sulfonamides is 1. The molecule has 1 aliphatic rings. The fourth-order valence-corrected chi connectivity index (χ4v) is 6.42. The minimum absolute atomic E-state index is 0.0111. The molecule has 5 nitrogen and oxygen atoms in total. The smallest absolute Gasteiger partial charge is 0.224 e. The molecule has 1 fully saturated rings. The minimum Gasteiger partial charge on any atom is -0.224 e. The van der Waals surface area contributed by atoms with E-state index in [1.807, 2.05) is 37.3 Å². The van der Waals surface area contributed by atoms with Crippen LogP contribution in [0.3, 0.4) is 0 Å². The quantitative estimate of drug-likeness (QED) is 0.614. The van der Waals surface area contributed by atoms with E-state index < -0.39 is 19.9 Å². The first-order chi connectivity index (χ1) is 12.6. The van der Waals surface area contributed by atoms with Gasteiger partial charge in [-0.2, -0.15) is 4.31 Å². The molecule has 1 aliphatic carbocycles. The molecule has 0 spiro atoms. The molecule has 3 rings (SSSR count). The summed E-state index contributed by atoms with van der Waals surface area (Å²) in [6.45, 7) is 2.17. The summed E-state index contributed by atoms with van der Waals surface area (Å²) < 4.78 is 52.7. The Balaban J connectivity index is 2.07. The molecule has 0 radical (unpaired) electrons. The third kappa shape index (κ3) is 4.62. The van der Waals surface area contributed by atoms with Crippen molar-refractivity contribution in [3.63, 3.8) is 0 Å². The molecule has 8 heteroatoms. The maximum absolute atomic E-state index is 13.5. The van der Waals surface area contributed by atoms with Gasteiger partial charge in [-0.15, -0.1) is 0 Å². The van der Waals surface area contributed by atoms with Crippen molar-refractivity contribution in [1.29, 1.82) is 0 Å². The van der Waals surface area contributed by atoms with Gasteiger partial charge in [-0.3, -0.25) is 0 Å². The lowest BCUT2D eigenvalue weighted by atomic mass is 10.2. The summed E-state index contributed by atoms with van der Waals surface area (Å²) in [6.07, 6.45) is 3.08. The van der Waals surface area contributed by atoms with E-state index in [-0.39, 0.29) is 22.4 Å². The number of hydrogen-bond acceptors (Lipinski definition) is 4. The van der Waals surface area contributed by atoms with Gasteiger partial charge in [0, 0.05) is 23.3 Å². The third-order valence-corrected chi connectivity index (χ3v) is 8.89. The zero-order valence-electron chi connectivity index (χ0n) is 15.2. The van der Waals surface area contributed by atoms with Gasteiger partial charge in [-0.25, -0.2) is 16.8 Å². The second kappa shape index (κ2) is 7.66. The highest BCUT2D eigenvalue weighted by molar-refractivity contribution is 9.10. The summed E-state index contributed by atoms with van der Waals surface area (Å²) in [5, 5.41) is 0. The van der Waals surface area contributed by atoms with Crippen LogP contribution < -0.4 is 0 Å². The van der Waals surface area contributed by atoms with Gasteiger partial charge in [0.1, 0.15) is 0 Å². The van der Waals surface area contributed by atoms with Crippen LogP contribution in [-0.4, -0.2) is 33.4 Å². The number of benzene rings is 2. The zero-order chi connectivity index (χ0) is 19.8. The van der Waals surface area contributed by atoms with Gasteiger partial charge in [0.2, 0.25) is 10.0 Å². The lowest BCUT2D eigenvalue weighted by molar-refractivity contribution is 0.303. The first-order valence-electron chi connectivity index (χ1n) is 8.66. The SMILES string of the molecule is CC(C1CC1)N(Cc1ccccc1)S(=O)(=O)c1cc(S(C)(=O)=O)ccc1Br. The van der Waals surface area contributed by atoms with Crippen LogP contribution in [-0.2, 0) is 26.4 Å². The second-order valence-electron chi connectivity index (χ2n) is 6.98. The predicted molar refractivity (Wildman–Crippen MR) is 109 cm³/mol. The first-order valence-corrected chi connectivity index (χ1v) is 12.8. The number of nitrogens with zero attached hydrogens (tertiary/aromatic N) is 1. The molecule has 1 unspecified atom stereocenters. The highest BCUT2D eigenvalue weighted by atomic mass is 79.9. The van der Waals surface area contributed by atoms with Gasteiger partial charge in [-0.1, -0.05) is 30.3 Å². The molecule has 2 aromatic carbocycles. The Hall–Kier alpha value is -1.22. The summed E-state index contributed by atoms with van der Waals surface area (Å²) in [5.41, 5.74) is 0.893. The Morgan fingerprint density at radius 3 is 2.26 bits per heavy atom. The maximum Gasteiger partial charge on any atom is 0.244 e. The molecule has 0 N–H and O–H groups in total. The molecule has 0 amide bonds. The van der Waals surface area contributed by atoms with Crippen molar-refractivity contribution in [3.8, 4) is 0 Å².